The molecule has 1 heterocycles. The Bertz CT molecular complexity index is 977. The fraction of sp³-hybridized carbons (Fsp3) is 0.0588. The molecule has 1 aromatic heterocycles. The number of rotatable bonds is 5. The van der Waals surface area contributed by atoms with Crippen LogP contribution in [0.1, 0.15) is 5.56 Å². The largest absolute Gasteiger partial charge is 0.382 e. The summed E-state index contributed by atoms with van der Waals surface area (Å²) in [6, 6.07) is 17.5. The Morgan fingerprint density at radius 3 is 2.12 bits per heavy atom. The Balaban J connectivity index is 2.04. The van der Waals surface area contributed by atoms with Crippen LogP contribution in [0.2, 0.25) is 0 Å². The van der Waals surface area contributed by atoms with Gasteiger partial charge in [-0.15, -0.1) is 0 Å². The molecular weight excluding hydrogens is 338 g/mol. The van der Waals surface area contributed by atoms with Crippen LogP contribution in [-0.4, -0.2) is 18.4 Å². The third-order valence-electron chi connectivity index (χ3n) is 3.53. The van der Waals surface area contributed by atoms with E-state index in [9.17, 15) is 8.42 Å². The molecule has 0 spiro atoms. The van der Waals surface area contributed by atoms with Crippen molar-refractivity contribution in [3.05, 3.63) is 66.2 Å². The molecule has 0 radical (unpaired) electrons. The smallest absolute Gasteiger partial charge is 0.224 e. The van der Waals surface area contributed by atoms with Crippen LogP contribution >= 0.6 is 0 Å². The van der Waals surface area contributed by atoms with Crippen molar-refractivity contribution < 1.29 is 8.42 Å². The number of aromatic nitrogens is 2. The zero-order valence-electron chi connectivity index (χ0n) is 13.3. The molecule has 0 aliphatic heterocycles. The fourth-order valence-corrected chi connectivity index (χ4v) is 3.81. The third kappa shape index (κ3) is 3.53. The maximum absolute atomic E-state index is 13.0. The number of anilines is 3. The van der Waals surface area contributed by atoms with Gasteiger partial charge in [0.2, 0.25) is 15.8 Å². The fourth-order valence-electron chi connectivity index (χ4n) is 2.37. The van der Waals surface area contributed by atoms with Crippen molar-refractivity contribution in [3.8, 4) is 0 Å². The Hall–Kier alpha value is -3.13. The molecule has 0 unspecified atom stereocenters. The predicted octanol–water partition coefficient (Wildman–Crippen LogP) is 2.09. The summed E-state index contributed by atoms with van der Waals surface area (Å²) < 4.78 is 25.9. The van der Waals surface area contributed by atoms with Gasteiger partial charge in [-0.2, -0.15) is 9.97 Å². The highest BCUT2D eigenvalue weighted by atomic mass is 32.2. The number of hydrogen-bond acceptors (Lipinski definition) is 7. The molecule has 25 heavy (non-hydrogen) atoms. The second kappa shape index (κ2) is 6.78. The summed E-state index contributed by atoms with van der Waals surface area (Å²) in [7, 11) is -3.89. The first-order valence-corrected chi connectivity index (χ1v) is 8.97. The number of hydrogen-bond donors (Lipinski definition) is 3. The van der Waals surface area contributed by atoms with Crippen LogP contribution in [0.5, 0.6) is 0 Å². The average molecular weight is 355 g/mol. The molecule has 0 aliphatic rings. The van der Waals surface area contributed by atoms with E-state index in [0.29, 0.717) is 6.54 Å². The van der Waals surface area contributed by atoms with E-state index in [1.165, 1.54) is 12.1 Å². The van der Waals surface area contributed by atoms with Crippen LogP contribution in [0.3, 0.4) is 0 Å². The molecule has 0 bridgehead atoms. The van der Waals surface area contributed by atoms with E-state index in [4.69, 9.17) is 11.5 Å². The van der Waals surface area contributed by atoms with Gasteiger partial charge in [-0.1, -0.05) is 48.5 Å². The van der Waals surface area contributed by atoms with Crippen molar-refractivity contribution in [3.63, 3.8) is 0 Å². The zero-order chi connectivity index (χ0) is 17.9. The highest BCUT2D eigenvalue weighted by molar-refractivity contribution is 7.91. The predicted molar refractivity (Wildman–Crippen MR) is 96.5 cm³/mol. The minimum Gasteiger partial charge on any atom is -0.382 e. The van der Waals surface area contributed by atoms with E-state index in [1.54, 1.807) is 18.2 Å². The molecule has 0 amide bonds. The Kier molecular flexibility index (Phi) is 4.53. The summed E-state index contributed by atoms with van der Waals surface area (Å²) >= 11 is 0. The molecule has 0 aliphatic carbocycles. The molecule has 0 fully saturated rings. The highest BCUT2D eigenvalue weighted by Gasteiger charge is 2.27. The summed E-state index contributed by atoms with van der Waals surface area (Å²) in [5, 5.41) is 3.00. The van der Waals surface area contributed by atoms with E-state index in [0.717, 1.165) is 5.56 Å². The quantitative estimate of drug-likeness (QED) is 0.640. The van der Waals surface area contributed by atoms with Gasteiger partial charge < -0.3 is 16.8 Å². The van der Waals surface area contributed by atoms with Gasteiger partial charge in [0.25, 0.3) is 0 Å². The molecule has 0 atom stereocenters. The van der Waals surface area contributed by atoms with Crippen molar-refractivity contribution in [2.75, 3.05) is 16.8 Å². The third-order valence-corrected chi connectivity index (χ3v) is 5.37. The SMILES string of the molecule is Nc1nc(N)c(S(=O)(=O)c2ccccc2)c(NCc2ccccc2)n1. The molecule has 5 N–H and O–H groups in total. The van der Waals surface area contributed by atoms with Gasteiger partial charge in [0, 0.05) is 6.54 Å². The molecule has 3 aromatic rings. The monoisotopic (exact) mass is 355 g/mol. The average Bonchev–Trinajstić information content (AvgIpc) is 2.61. The first-order valence-electron chi connectivity index (χ1n) is 7.49. The van der Waals surface area contributed by atoms with Crippen molar-refractivity contribution in [2.45, 2.75) is 16.3 Å². The lowest BCUT2D eigenvalue weighted by molar-refractivity contribution is 0.596. The number of benzene rings is 2. The van der Waals surface area contributed by atoms with Gasteiger partial charge in [0.05, 0.1) is 4.90 Å². The van der Waals surface area contributed by atoms with E-state index in [2.05, 4.69) is 15.3 Å². The van der Waals surface area contributed by atoms with E-state index >= 15 is 0 Å². The van der Waals surface area contributed by atoms with Gasteiger partial charge >= 0.3 is 0 Å². The lowest BCUT2D eigenvalue weighted by Crippen LogP contribution is -2.15. The lowest BCUT2D eigenvalue weighted by atomic mass is 10.2. The number of sulfone groups is 1. The Labute approximate surface area is 145 Å². The van der Waals surface area contributed by atoms with Gasteiger partial charge in [-0.3, -0.25) is 0 Å². The minimum absolute atomic E-state index is 0.0812. The van der Waals surface area contributed by atoms with Gasteiger partial charge in [0.15, 0.2) is 16.5 Å². The topological polar surface area (TPSA) is 124 Å². The van der Waals surface area contributed by atoms with Gasteiger partial charge in [-0.05, 0) is 17.7 Å². The molecule has 7 nitrogen and oxygen atoms in total. The van der Waals surface area contributed by atoms with E-state index in [-0.39, 0.29) is 27.4 Å². The summed E-state index contributed by atoms with van der Waals surface area (Å²) in [6.07, 6.45) is 0. The van der Waals surface area contributed by atoms with Crippen molar-refractivity contribution >= 4 is 27.4 Å². The maximum Gasteiger partial charge on any atom is 0.224 e. The van der Waals surface area contributed by atoms with Crippen molar-refractivity contribution in [2.24, 2.45) is 0 Å². The number of nitrogens with zero attached hydrogens (tertiary/aromatic N) is 2. The molecule has 2 aromatic carbocycles. The second-order valence-corrected chi connectivity index (χ2v) is 7.19. The summed E-state index contributed by atoms with van der Waals surface area (Å²) in [5.41, 5.74) is 12.5. The van der Waals surface area contributed by atoms with Crippen molar-refractivity contribution in [1.29, 1.82) is 0 Å². The Morgan fingerprint density at radius 2 is 1.48 bits per heavy atom. The number of nitrogens with two attached hydrogens (primary N) is 2. The molecule has 0 saturated heterocycles. The normalized spacial score (nSPS) is 11.2. The molecular formula is C17H17N5O2S. The molecule has 128 valence electrons. The first-order chi connectivity index (χ1) is 12.0. The maximum atomic E-state index is 13.0. The summed E-state index contributed by atoms with van der Waals surface area (Å²) in [4.78, 5) is 7.78. The standard InChI is InChI=1S/C17H17N5O2S/c18-15-14(25(23,24)13-9-5-2-6-10-13)16(22-17(19)21-15)20-11-12-7-3-1-4-8-12/h1-10H,11H2,(H5,18,19,20,21,22). The number of nitrogens with one attached hydrogen (secondary N) is 1. The van der Waals surface area contributed by atoms with Gasteiger partial charge in [-0.25, -0.2) is 8.42 Å². The van der Waals surface area contributed by atoms with Crippen LogP contribution in [0, 0.1) is 0 Å². The van der Waals surface area contributed by atoms with Crippen LogP contribution < -0.4 is 16.8 Å². The highest BCUT2D eigenvalue weighted by Crippen LogP contribution is 2.31. The van der Waals surface area contributed by atoms with Crippen LogP contribution in [0.4, 0.5) is 17.6 Å². The van der Waals surface area contributed by atoms with Crippen LogP contribution in [-0.2, 0) is 16.4 Å². The minimum atomic E-state index is -3.89. The molecule has 3 rings (SSSR count). The summed E-state index contributed by atoms with van der Waals surface area (Å²) in [6.45, 7) is 0.369. The second-order valence-electron chi connectivity index (χ2n) is 5.30. The Morgan fingerprint density at radius 1 is 0.880 bits per heavy atom. The van der Waals surface area contributed by atoms with E-state index in [1.807, 2.05) is 30.3 Å². The number of nitrogen functional groups attached to an aromatic ring is 2. The van der Waals surface area contributed by atoms with E-state index < -0.39 is 9.84 Å². The van der Waals surface area contributed by atoms with Crippen LogP contribution in [0.15, 0.2) is 70.5 Å². The molecule has 0 saturated carbocycles. The lowest BCUT2D eigenvalue weighted by Gasteiger charge is -2.14. The summed E-state index contributed by atoms with van der Waals surface area (Å²) in [5.74, 6) is -0.204. The van der Waals surface area contributed by atoms with Crippen molar-refractivity contribution in [1.82, 2.24) is 9.97 Å². The zero-order valence-corrected chi connectivity index (χ0v) is 14.1. The molecule has 8 heteroatoms. The van der Waals surface area contributed by atoms with Gasteiger partial charge in [0.1, 0.15) is 0 Å². The first kappa shape index (κ1) is 16.7. The van der Waals surface area contributed by atoms with Crippen LogP contribution in [0.25, 0.3) is 0 Å².